The fourth-order valence-electron chi connectivity index (χ4n) is 2.07. The molecule has 2 aromatic rings. The number of halogens is 6. The SMILES string of the molecule is Cc1cc(NCC(F)(F)CO)nc(NC(=O)Nc2ccc(Cl)c(C(F)(F)F)c2)n1. The van der Waals surface area contributed by atoms with Crippen molar-refractivity contribution in [3.05, 3.63) is 40.5 Å². The van der Waals surface area contributed by atoms with Crippen LogP contribution in [0.1, 0.15) is 11.3 Å². The number of hydrogen-bond donors (Lipinski definition) is 4. The molecule has 4 N–H and O–H groups in total. The normalized spacial score (nSPS) is 11.9. The zero-order valence-corrected chi connectivity index (χ0v) is 15.5. The van der Waals surface area contributed by atoms with Gasteiger partial charge in [0.1, 0.15) is 12.4 Å². The van der Waals surface area contributed by atoms with Gasteiger partial charge in [-0.3, -0.25) is 5.32 Å². The number of aryl methyl sites for hydroxylation is 1. The van der Waals surface area contributed by atoms with Crippen LogP contribution < -0.4 is 16.0 Å². The van der Waals surface area contributed by atoms with Crippen LogP contribution in [-0.4, -0.2) is 40.2 Å². The Morgan fingerprint density at radius 2 is 1.83 bits per heavy atom. The molecule has 0 atom stereocenters. The van der Waals surface area contributed by atoms with Gasteiger partial charge in [-0.15, -0.1) is 0 Å². The first-order chi connectivity index (χ1) is 13.4. The van der Waals surface area contributed by atoms with Crippen LogP contribution in [0.15, 0.2) is 24.3 Å². The van der Waals surface area contributed by atoms with Crippen molar-refractivity contribution in [2.75, 3.05) is 29.1 Å². The molecule has 0 saturated carbocycles. The minimum Gasteiger partial charge on any atom is -0.390 e. The Labute approximate surface area is 166 Å². The summed E-state index contributed by atoms with van der Waals surface area (Å²) in [6, 6.07) is 3.16. The van der Waals surface area contributed by atoms with E-state index in [9.17, 15) is 26.7 Å². The smallest absolute Gasteiger partial charge is 0.390 e. The molecule has 158 valence electrons. The Bertz CT molecular complexity index is 894. The number of amides is 2. The summed E-state index contributed by atoms with van der Waals surface area (Å²) in [5.74, 6) is -3.71. The molecule has 29 heavy (non-hydrogen) atoms. The van der Waals surface area contributed by atoms with Crippen LogP contribution in [0.25, 0.3) is 0 Å². The Balaban J connectivity index is 2.09. The number of carbonyl (C=O) groups is 1. The fraction of sp³-hybridized carbons (Fsp3) is 0.312. The molecule has 0 aliphatic rings. The third-order valence-electron chi connectivity index (χ3n) is 3.37. The first-order valence-corrected chi connectivity index (χ1v) is 8.30. The molecule has 0 aliphatic heterocycles. The van der Waals surface area contributed by atoms with E-state index in [0.29, 0.717) is 11.8 Å². The minimum absolute atomic E-state index is 0.0493. The van der Waals surface area contributed by atoms with Gasteiger partial charge in [0.25, 0.3) is 5.92 Å². The third-order valence-corrected chi connectivity index (χ3v) is 3.70. The molecule has 0 fully saturated rings. The predicted octanol–water partition coefficient (Wildman–Crippen LogP) is 4.14. The van der Waals surface area contributed by atoms with Crippen molar-refractivity contribution in [1.29, 1.82) is 0 Å². The lowest BCUT2D eigenvalue weighted by molar-refractivity contribution is -0.137. The standard InChI is InChI=1S/C16H15ClF5N5O2/c1-8-4-12(23-6-15(18,19)7-28)26-13(24-8)27-14(29)25-9-2-3-11(17)10(5-9)16(20,21)22/h2-5,28H,6-7H2,1H3,(H3,23,24,25,26,27,29). The first kappa shape index (κ1) is 22.6. The second-order valence-electron chi connectivity index (χ2n) is 5.86. The predicted molar refractivity (Wildman–Crippen MR) is 96.4 cm³/mol. The molecule has 0 bridgehead atoms. The van der Waals surface area contributed by atoms with Crippen LogP contribution >= 0.6 is 11.6 Å². The van der Waals surface area contributed by atoms with E-state index in [0.717, 1.165) is 12.1 Å². The summed E-state index contributed by atoms with van der Waals surface area (Å²) in [6.45, 7) is -0.760. The highest BCUT2D eigenvalue weighted by atomic mass is 35.5. The van der Waals surface area contributed by atoms with Gasteiger partial charge < -0.3 is 15.7 Å². The maximum absolute atomic E-state index is 13.1. The molecule has 13 heteroatoms. The van der Waals surface area contributed by atoms with Gasteiger partial charge in [0.05, 0.1) is 17.1 Å². The van der Waals surface area contributed by atoms with Gasteiger partial charge in [0, 0.05) is 17.4 Å². The van der Waals surface area contributed by atoms with Gasteiger partial charge >= 0.3 is 12.2 Å². The van der Waals surface area contributed by atoms with E-state index in [4.69, 9.17) is 16.7 Å². The number of alkyl halides is 5. The lowest BCUT2D eigenvalue weighted by atomic mass is 10.2. The van der Waals surface area contributed by atoms with Gasteiger partial charge in [-0.25, -0.2) is 18.6 Å². The fourth-order valence-corrected chi connectivity index (χ4v) is 2.30. The molecule has 2 rings (SSSR count). The number of aliphatic hydroxyl groups excluding tert-OH is 1. The molecule has 0 aliphatic carbocycles. The summed E-state index contributed by atoms with van der Waals surface area (Å²) in [5, 5.41) is 14.7. The van der Waals surface area contributed by atoms with Crippen molar-refractivity contribution in [2.45, 2.75) is 19.0 Å². The Morgan fingerprint density at radius 3 is 2.45 bits per heavy atom. The molecule has 2 amide bonds. The van der Waals surface area contributed by atoms with E-state index in [-0.39, 0.29) is 17.5 Å². The van der Waals surface area contributed by atoms with E-state index in [1.165, 1.54) is 13.0 Å². The number of nitrogens with one attached hydrogen (secondary N) is 3. The Kier molecular flexibility index (Phi) is 6.80. The number of aromatic nitrogens is 2. The van der Waals surface area contributed by atoms with Gasteiger partial charge in [0.2, 0.25) is 5.95 Å². The lowest BCUT2D eigenvalue weighted by Crippen LogP contribution is -2.31. The Hall–Kier alpha value is -2.73. The molecule has 0 radical (unpaired) electrons. The highest BCUT2D eigenvalue weighted by Crippen LogP contribution is 2.36. The quantitative estimate of drug-likeness (QED) is 0.507. The first-order valence-electron chi connectivity index (χ1n) is 7.92. The number of nitrogens with zero attached hydrogens (tertiary/aromatic N) is 2. The number of hydrogen-bond acceptors (Lipinski definition) is 5. The van der Waals surface area contributed by atoms with Crippen molar-refractivity contribution >= 4 is 35.1 Å². The van der Waals surface area contributed by atoms with Crippen LogP contribution in [0, 0.1) is 6.92 Å². The molecule has 0 spiro atoms. The summed E-state index contributed by atoms with van der Waals surface area (Å²) >= 11 is 5.51. The second-order valence-corrected chi connectivity index (χ2v) is 6.26. The van der Waals surface area contributed by atoms with E-state index in [2.05, 4.69) is 25.9 Å². The van der Waals surface area contributed by atoms with E-state index in [1.807, 2.05) is 0 Å². The number of rotatable bonds is 6. The van der Waals surface area contributed by atoms with Crippen LogP contribution in [0.2, 0.25) is 5.02 Å². The van der Waals surface area contributed by atoms with Crippen LogP contribution in [0.3, 0.4) is 0 Å². The number of benzene rings is 1. The molecule has 0 unspecified atom stereocenters. The molecule has 1 heterocycles. The van der Waals surface area contributed by atoms with Crippen molar-refractivity contribution in [1.82, 2.24) is 9.97 Å². The number of aliphatic hydroxyl groups is 1. The monoisotopic (exact) mass is 439 g/mol. The lowest BCUT2D eigenvalue weighted by Gasteiger charge is -2.15. The summed E-state index contributed by atoms with van der Waals surface area (Å²) in [6.07, 6.45) is -4.71. The summed E-state index contributed by atoms with van der Waals surface area (Å²) in [4.78, 5) is 19.7. The van der Waals surface area contributed by atoms with Crippen molar-refractivity contribution in [3.63, 3.8) is 0 Å². The molecule has 1 aromatic heterocycles. The zero-order valence-electron chi connectivity index (χ0n) is 14.7. The van der Waals surface area contributed by atoms with E-state index in [1.54, 1.807) is 0 Å². The van der Waals surface area contributed by atoms with Crippen molar-refractivity contribution < 1.29 is 31.9 Å². The largest absolute Gasteiger partial charge is 0.417 e. The molecule has 0 saturated heterocycles. The van der Waals surface area contributed by atoms with Crippen LogP contribution in [0.4, 0.5) is 44.2 Å². The topological polar surface area (TPSA) is 99.2 Å². The van der Waals surface area contributed by atoms with Crippen LogP contribution in [-0.2, 0) is 6.18 Å². The van der Waals surface area contributed by atoms with Gasteiger partial charge in [0.15, 0.2) is 0 Å². The Morgan fingerprint density at radius 1 is 1.14 bits per heavy atom. The average molecular weight is 440 g/mol. The maximum Gasteiger partial charge on any atom is 0.417 e. The van der Waals surface area contributed by atoms with Gasteiger partial charge in [-0.05, 0) is 25.1 Å². The van der Waals surface area contributed by atoms with Crippen LogP contribution in [0.5, 0.6) is 0 Å². The van der Waals surface area contributed by atoms with Crippen molar-refractivity contribution in [2.24, 2.45) is 0 Å². The highest BCUT2D eigenvalue weighted by Gasteiger charge is 2.33. The number of carbonyl (C=O) groups excluding carboxylic acids is 1. The van der Waals surface area contributed by atoms with Crippen molar-refractivity contribution in [3.8, 4) is 0 Å². The number of anilines is 3. The summed E-state index contributed by atoms with van der Waals surface area (Å²) in [7, 11) is 0. The van der Waals surface area contributed by atoms with Gasteiger partial charge in [-0.1, -0.05) is 11.6 Å². The zero-order chi connectivity index (χ0) is 21.8. The summed E-state index contributed by atoms with van der Waals surface area (Å²) in [5.41, 5.74) is -0.996. The highest BCUT2D eigenvalue weighted by molar-refractivity contribution is 6.31. The molecule has 7 nitrogen and oxygen atoms in total. The minimum atomic E-state index is -4.71. The molecular formula is C16H15ClF5N5O2. The molecule has 1 aromatic carbocycles. The van der Waals surface area contributed by atoms with E-state index < -0.39 is 41.9 Å². The average Bonchev–Trinajstić information content (AvgIpc) is 2.60. The second kappa shape index (κ2) is 8.74. The van der Waals surface area contributed by atoms with Gasteiger partial charge in [-0.2, -0.15) is 18.2 Å². The third kappa shape index (κ3) is 6.68. The van der Waals surface area contributed by atoms with E-state index >= 15 is 0 Å². The number of urea groups is 1. The maximum atomic E-state index is 13.1. The summed E-state index contributed by atoms with van der Waals surface area (Å²) < 4.78 is 64.8. The molecular weight excluding hydrogens is 425 g/mol.